The van der Waals surface area contributed by atoms with E-state index in [1.54, 1.807) is 20.8 Å². The minimum atomic E-state index is -1.33. The van der Waals surface area contributed by atoms with Crippen LogP contribution in [0.25, 0.3) is 0 Å². The molecule has 6 nitrogen and oxygen atoms in total. The average Bonchev–Trinajstić information content (AvgIpc) is 2.25. The zero-order chi connectivity index (χ0) is 14.3. The molecule has 2 N–H and O–H groups in total. The fourth-order valence-electron chi connectivity index (χ4n) is 1.53. The van der Waals surface area contributed by atoms with Crippen LogP contribution in [0.5, 0.6) is 0 Å². The average molecular weight is 257 g/mol. The van der Waals surface area contributed by atoms with Crippen LogP contribution in [-0.4, -0.2) is 46.0 Å². The molecule has 18 heavy (non-hydrogen) atoms. The fourth-order valence-corrected chi connectivity index (χ4v) is 1.53. The second kappa shape index (κ2) is 7.47. The van der Waals surface area contributed by atoms with Crippen LogP contribution in [0, 0.1) is 5.92 Å². The lowest BCUT2D eigenvalue weighted by molar-refractivity contribution is -0.139. The van der Waals surface area contributed by atoms with Gasteiger partial charge in [-0.1, -0.05) is 13.0 Å². The van der Waals surface area contributed by atoms with Crippen molar-refractivity contribution in [2.24, 2.45) is 5.92 Å². The third-order valence-corrected chi connectivity index (χ3v) is 2.46. The van der Waals surface area contributed by atoms with Gasteiger partial charge in [0.2, 0.25) is 0 Å². The topological polar surface area (TPSA) is 94.9 Å². The van der Waals surface area contributed by atoms with Crippen LogP contribution in [0.15, 0.2) is 11.6 Å². The summed E-state index contributed by atoms with van der Waals surface area (Å²) in [7, 11) is 0. The summed E-state index contributed by atoms with van der Waals surface area (Å²) in [6.07, 6.45) is 0.999. The molecule has 0 saturated carbocycles. The monoisotopic (exact) mass is 257 g/mol. The predicted molar refractivity (Wildman–Crippen MR) is 65.1 cm³/mol. The van der Waals surface area contributed by atoms with Crippen molar-refractivity contribution >= 4 is 17.8 Å². The summed E-state index contributed by atoms with van der Waals surface area (Å²) in [5.41, 5.74) is -0.368. The highest BCUT2D eigenvalue weighted by Gasteiger charge is 2.22. The van der Waals surface area contributed by atoms with Crippen LogP contribution in [0.1, 0.15) is 27.2 Å². The number of rotatable bonds is 7. The molecule has 0 bridgehead atoms. The number of carbonyl (C=O) groups excluding carboxylic acids is 1. The summed E-state index contributed by atoms with van der Waals surface area (Å²) in [6, 6.07) is 0. The van der Waals surface area contributed by atoms with Crippen molar-refractivity contribution in [3.05, 3.63) is 11.6 Å². The van der Waals surface area contributed by atoms with E-state index in [9.17, 15) is 14.4 Å². The van der Waals surface area contributed by atoms with Gasteiger partial charge < -0.3 is 15.1 Å². The van der Waals surface area contributed by atoms with Crippen molar-refractivity contribution in [1.82, 2.24) is 4.90 Å². The minimum absolute atomic E-state index is 0.206. The van der Waals surface area contributed by atoms with Gasteiger partial charge in [0.25, 0.3) is 5.91 Å². The Morgan fingerprint density at radius 1 is 1.17 bits per heavy atom. The van der Waals surface area contributed by atoms with Crippen molar-refractivity contribution in [3.63, 3.8) is 0 Å². The van der Waals surface area contributed by atoms with E-state index in [0.29, 0.717) is 13.1 Å². The number of carboxylic acids is 2. The molecule has 0 rings (SSSR count). The van der Waals surface area contributed by atoms with Crippen LogP contribution >= 0.6 is 0 Å². The van der Waals surface area contributed by atoms with Crippen molar-refractivity contribution < 1.29 is 24.6 Å². The third-order valence-electron chi connectivity index (χ3n) is 2.46. The Hall–Kier alpha value is -1.85. The van der Waals surface area contributed by atoms with Gasteiger partial charge in [-0.3, -0.25) is 9.59 Å². The molecule has 1 unspecified atom stereocenters. The van der Waals surface area contributed by atoms with Crippen molar-refractivity contribution in [1.29, 1.82) is 0 Å². The first-order valence-corrected chi connectivity index (χ1v) is 5.79. The second-order valence-corrected chi connectivity index (χ2v) is 3.94. The lowest BCUT2D eigenvalue weighted by atomic mass is 10.0. The van der Waals surface area contributed by atoms with E-state index in [2.05, 4.69) is 0 Å². The number of carbonyl (C=O) groups is 3. The summed E-state index contributed by atoms with van der Waals surface area (Å²) in [5, 5.41) is 17.6. The van der Waals surface area contributed by atoms with Gasteiger partial charge >= 0.3 is 11.9 Å². The summed E-state index contributed by atoms with van der Waals surface area (Å²) in [6.45, 7) is 5.89. The highest BCUT2D eigenvalue weighted by Crippen LogP contribution is 2.11. The van der Waals surface area contributed by atoms with Gasteiger partial charge in [-0.25, -0.2) is 4.79 Å². The van der Waals surface area contributed by atoms with Crippen LogP contribution in [0.4, 0.5) is 0 Å². The van der Waals surface area contributed by atoms with Gasteiger partial charge in [0.05, 0.1) is 6.42 Å². The first kappa shape index (κ1) is 16.1. The Balaban J connectivity index is 5.07. The second-order valence-electron chi connectivity index (χ2n) is 3.94. The molecule has 6 heteroatoms. The Labute approximate surface area is 106 Å². The van der Waals surface area contributed by atoms with Gasteiger partial charge in [-0.15, -0.1) is 0 Å². The molecule has 1 amide bonds. The number of hydrogen-bond acceptors (Lipinski definition) is 3. The molecule has 0 aromatic heterocycles. The fraction of sp³-hybridized carbons (Fsp3) is 0.583. The number of aliphatic carboxylic acids is 2. The minimum Gasteiger partial charge on any atom is -0.481 e. The number of carboxylic acid groups (broad SMARTS) is 2. The smallest absolute Gasteiger partial charge is 0.341 e. The highest BCUT2D eigenvalue weighted by molar-refractivity contribution is 6.15. The summed E-state index contributed by atoms with van der Waals surface area (Å²) >= 11 is 0. The first-order valence-electron chi connectivity index (χ1n) is 5.79. The predicted octanol–water partition coefficient (Wildman–Crippen LogP) is 0.977. The third kappa shape index (κ3) is 4.99. The van der Waals surface area contributed by atoms with Gasteiger partial charge in [0, 0.05) is 13.1 Å². The number of nitrogens with zero attached hydrogens (tertiary/aromatic N) is 1. The molecule has 0 aliphatic rings. The van der Waals surface area contributed by atoms with Gasteiger partial charge in [-0.05, 0) is 19.8 Å². The normalized spacial score (nSPS) is 12.9. The maximum absolute atomic E-state index is 11.9. The van der Waals surface area contributed by atoms with E-state index in [1.807, 2.05) is 0 Å². The molecule has 0 fully saturated rings. The largest absolute Gasteiger partial charge is 0.481 e. The van der Waals surface area contributed by atoms with Crippen molar-refractivity contribution in [2.45, 2.75) is 27.2 Å². The summed E-state index contributed by atoms with van der Waals surface area (Å²) < 4.78 is 0. The number of likely N-dealkylation sites (N-methyl/N-ethyl adjacent to an activating group) is 1. The van der Waals surface area contributed by atoms with E-state index in [1.165, 1.54) is 11.0 Å². The molecule has 0 aromatic carbocycles. The number of amides is 1. The first-order chi connectivity index (χ1) is 8.33. The molecule has 1 atom stereocenters. The Kier molecular flexibility index (Phi) is 6.70. The van der Waals surface area contributed by atoms with Gasteiger partial charge in [0.15, 0.2) is 0 Å². The molecule has 0 heterocycles. The van der Waals surface area contributed by atoms with Crippen LogP contribution in [-0.2, 0) is 14.4 Å². The van der Waals surface area contributed by atoms with E-state index in [4.69, 9.17) is 10.2 Å². The zero-order valence-corrected chi connectivity index (χ0v) is 10.8. The lowest BCUT2D eigenvalue weighted by Crippen LogP contribution is -2.34. The SMILES string of the molecule is CCN(CC)C(=O)/C(=C/C(C)CC(=O)O)C(=O)O. The highest BCUT2D eigenvalue weighted by atomic mass is 16.4. The van der Waals surface area contributed by atoms with E-state index in [0.717, 1.165) is 0 Å². The van der Waals surface area contributed by atoms with Crippen LogP contribution in [0.2, 0.25) is 0 Å². The van der Waals surface area contributed by atoms with Crippen LogP contribution in [0.3, 0.4) is 0 Å². The maximum atomic E-state index is 11.9. The molecule has 0 radical (unpaired) electrons. The van der Waals surface area contributed by atoms with E-state index >= 15 is 0 Å². The molecule has 0 spiro atoms. The van der Waals surface area contributed by atoms with E-state index < -0.39 is 23.8 Å². The Bertz CT molecular complexity index is 357. The van der Waals surface area contributed by atoms with Crippen LogP contribution < -0.4 is 0 Å². The molecule has 0 aliphatic carbocycles. The molecular formula is C12H19NO5. The number of hydrogen-bond donors (Lipinski definition) is 2. The van der Waals surface area contributed by atoms with Crippen molar-refractivity contribution in [2.75, 3.05) is 13.1 Å². The number of allylic oxidation sites excluding steroid dienone is 1. The molecular weight excluding hydrogens is 238 g/mol. The molecule has 102 valence electrons. The Morgan fingerprint density at radius 3 is 2.00 bits per heavy atom. The standard InChI is InChI=1S/C12H19NO5/c1-4-13(5-2)11(16)9(12(17)18)6-8(3)7-10(14)15/h6,8H,4-5,7H2,1-3H3,(H,14,15)(H,17,18)/b9-6-. The summed E-state index contributed by atoms with van der Waals surface area (Å²) in [5.74, 6) is -3.44. The van der Waals surface area contributed by atoms with Gasteiger partial charge in [-0.2, -0.15) is 0 Å². The Morgan fingerprint density at radius 2 is 1.67 bits per heavy atom. The summed E-state index contributed by atoms with van der Waals surface area (Å²) in [4.78, 5) is 34.8. The van der Waals surface area contributed by atoms with Gasteiger partial charge in [0.1, 0.15) is 5.57 Å². The maximum Gasteiger partial charge on any atom is 0.341 e. The molecule has 0 aromatic rings. The lowest BCUT2D eigenvalue weighted by Gasteiger charge is -2.19. The zero-order valence-electron chi connectivity index (χ0n) is 10.8. The van der Waals surface area contributed by atoms with E-state index in [-0.39, 0.29) is 12.0 Å². The molecule has 0 aliphatic heterocycles. The molecule has 0 saturated heterocycles. The quantitative estimate of drug-likeness (QED) is 0.402. The van der Waals surface area contributed by atoms with Crippen molar-refractivity contribution in [3.8, 4) is 0 Å².